The number of fused-ring (bicyclic) bond motifs is 1. The number of carbonyl (C=O) groups is 1. The molecule has 1 amide bonds. The average Bonchev–Trinajstić information content (AvgIpc) is 3.03. The maximum absolute atomic E-state index is 12.7. The Labute approximate surface area is 122 Å². The number of hydrogen-bond donors (Lipinski definition) is 1. The summed E-state index contributed by atoms with van der Waals surface area (Å²) in [6.45, 7) is 1.11. The van der Waals surface area contributed by atoms with E-state index in [2.05, 4.69) is 4.98 Å². The van der Waals surface area contributed by atoms with Crippen molar-refractivity contribution < 1.29 is 18.0 Å². The Kier molecular flexibility index (Phi) is 3.27. The molecule has 2 aromatic rings. The topological polar surface area (TPSA) is 59.2 Å². The standard InChI is InChI=1S/C13H12F3N3OS/c14-13(15,16)8-1-2-10-9(5-8)18-12(21-10)19-4-3-7(6-19)11(17)20/h1-2,5,7H,3-4,6H2,(H2,17,20)/t7-/m1/s1. The van der Waals surface area contributed by atoms with Gasteiger partial charge in [0, 0.05) is 13.1 Å². The van der Waals surface area contributed by atoms with E-state index >= 15 is 0 Å². The molecule has 1 aromatic heterocycles. The van der Waals surface area contributed by atoms with Crippen molar-refractivity contribution in [1.82, 2.24) is 4.98 Å². The molecule has 21 heavy (non-hydrogen) atoms. The molecule has 1 atom stereocenters. The summed E-state index contributed by atoms with van der Waals surface area (Å²) in [4.78, 5) is 17.3. The van der Waals surface area contributed by atoms with Crippen LogP contribution >= 0.6 is 11.3 Å². The molecule has 4 nitrogen and oxygen atoms in total. The van der Waals surface area contributed by atoms with Crippen LogP contribution in [0.4, 0.5) is 18.3 Å². The third kappa shape index (κ3) is 2.67. The van der Waals surface area contributed by atoms with Crippen molar-refractivity contribution >= 4 is 32.6 Å². The van der Waals surface area contributed by atoms with Gasteiger partial charge in [-0.1, -0.05) is 11.3 Å². The van der Waals surface area contributed by atoms with Crippen molar-refractivity contribution in [2.45, 2.75) is 12.6 Å². The number of rotatable bonds is 2. The molecule has 2 N–H and O–H groups in total. The first-order chi connectivity index (χ1) is 9.84. The lowest BCUT2D eigenvalue weighted by Gasteiger charge is -2.13. The minimum Gasteiger partial charge on any atom is -0.369 e. The minimum atomic E-state index is -4.37. The van der Waals surface area contributed by atoms with Crippen LogP contribution in [0.15, 0.2) is 18.2 Å². The number of alkyl halides is 3. The number of amides is 1. The molecule has 0 spiro atoms. The maximum Gasteiger partial charge on any atom is 0.416 e. The number of carbonyl (C=O) groups excluding carboxylic acids is 1. The van der Waals surface area contributed by atoms with Crippen molar-refractivity contribution in [2.75, 3.05) is 18.0 Å². The smallest absolute Gasteiger partial charge is 0.369 e. The number of hydrogen-bond acceptors (Lipinski definition) is 4. The molecule has 1 saturated heterocycles. The van der Waals surface area contributed by atoms with Crippen LogP contribution in [0.2, 0.25) is 0 Å². The van der Waals surface area contributed by atoms with Crippen LogP contribution in [-0.2, 0) is 11.0 Å². The van der Waals surface area contributed by atoms with E-state index in [0.717, 1.165) is 12.1 Å². The minimum absolute atomic E-state index is 0.220. The Bertz CT molecular complexity index is 698. The summed E-state index contributed by atoms with van der Waals surface area (Å²) in [6, 6.07) is 3.54. The first kappa shape index (κ1) is 14.1. The number of anilines is 1. The van der Waals surface area contributed by atoms with Crippen LogP contribution in [0, 0.1) is 5.92 Å². The third-order valence-electron chi connectivity index (χ3n) is 3.56. The second kappa shape index (κ2) is 4.87. The van der Waals surface area contributed by atoms with Gasteiger partial charge in [0.1, 0.15) is 0 Å². The Morgan fingerprint density at radius 3 is 2.81 bits per heavy atom. The number of halogens is 3. The van der Waals surface area contributed by atoms with Crippen LogP contribution in [-0.4, -0.2) is 24.0 Å². The Balaban J connectivity index is 1.90. The van der Waals surface area contributed by atoms with Gasteiger partial charge in [0.15, 0.2) is 5.13 Å². The lowest BCUT2D eigenvalue weighted by Crippen LogP contribution is -2.27. The number of primary amides is 1. The van der Waals surface area contributed by atoms with Crippen molar-refractivity contribution in [2.24, 2.45) is 11.7 Å². The third-order valence-corrected chi connectivity index (χ3v) is 4.66. The lowest BCUT2D eigenvalue weighted by molar-refractivity contribution is -0.137. The van der Waals surface area contributed by atoms with Crippen LogP contribution in [0.5, 0.6) is 0 Å². The highest BCUT2D eigenvalue weighted by Gasteiger charge is 2.32. The van der Waals surface area contributed by atoms with Crippen LogP contribution in [0.1, 0.15) is 12.0 Å². The summed E-state index contributed by atoms with van der Waals surface area (Å²) in [5, 5.41) is 0.632. The molecular formula is C13H12F3N3OS. The van der Waals surface area contributed by atoms with Gasteiger partial charge in [0.25, 0.3) is 0 Å². The van der Waals surface area contributed by atoms with E-state index in [4.69, 9.17) is 5.73 Å². The molecule has 0 radical (unpaired) electrons. The molecule has 0 unspecified atom stereocenters. The normalized spacial score (nSPS) is 19.4. The first-order valence-corrected chi connectivity index (χ1v) is 7.18. The van der Waals surface area contributed by atoms with E-state index in [9.17, 15) is 18.0 Å². The molecule has 112 valence electrons. The van der Waals surface area contributed by atoms with Gasteiger partial charge in [0.2, 0.25) is 5.91 Å². The van der Waals surface area contributed by atoms with Crippen molar-refractivity contribution in [3.05, 3.63) is 23.8 Å². The van der Waals surface area contributed by atoms with Crippen LogP contribution in [0.3, 0.4) is 0 Å². The quantitative estimate of drug-likeness (QED) is 0.927. The molecule has 2 heterocycles. The summed E-state index contributed by atoms with van der Waals surface area (Å²) in [7, 11) is 0. The summed E-state index contributed by atoms with van der Waals surface area (Å²) in [6.07, 6.45) is -3.72. The maximum atomic E-state index is 12.7. The summed E-state index contributed by atoms with van der Waals surface area (Å²) >= 11 is 1.32. The van der Waals surface area contributed by atoms with Gasteiger partial charge in [-0.25, -0.2) is 4.98 Å². The molecule has 0 bridgehead atoms. The van der Waals surface area contributed by atoms with Crippen LogP contribution < -0.4 is 10.6 Å². The highest BCUT2D eigenvalue weighted by atomic mass is 32.1. The van der Waals surface area contributed by atoms with Crippen LogP contribution in [0.25, 0.3) is 10.2 Å². The monoisotopic (exact) mass is 315 g/mol. The zero-order chi connectivity index (χ0) is 15.2. The van der Waals surface area contributed by atoms with Gasteiger partial charge >= 0.3 is 6.18 Å². The zero-order valence-electron chi connectivity index (χ0n) is 10.9. The van der Waals surface area contributed by atoms with Gasteiger partial charge in [0.05, 0.1) is 21.7 Å². The number of benzene rings is 1. The fraction of sp³-hybridized carbons (Fsp3) is 0.385. The predicted molar refractivity (Wildman–Crippen MR) is 74.1 cm³/mol. The lowest BCUT2D eigenvalue weighted by atomic mass is 10.1. The largest absolute Gasteiger partial charge is 0.416 e. The Morgan fingerprint density at radius 2 is 2.19 bits per heavy atom. The second-order valence-corrected chi connectivity index (χ2v) is 6.02. The number of nitrogens with two attached hydrogens (primary N) is 1. The summed E-state index contributed by atoms with van der Waals surface area (Å²) in [5.74, 6) is -0.569. The Hall–Kier alpha value is -1.83. The molecule has 1 fully saturated rings. The van der Waals surface area contributed by atoms with Gasteiger partial charge in [-0.05, 0) is 24.6 Å². The number of nitrogens with zero attached hydrogens (tertiary/aromatic N) is 2. The molecule has 8 heteroatoms. The molecule has 1 aliphatic heterocycles. The molecule has 0 aliphatic carbocycles. The molecule has 1 aromatic carbocycles. The molecule has 3 rings (SSSR count). The first-order valence-electron chi connectivity index (χ1n) is 6.36. The van der Waals surface area contributed by atoms with E-state index in [0.29, 0.717) is 34.9 Å². The van der Waals surface area contributed by atoms with Gasteiger partial charge < -0.3 is 10.6 Å². The van der Waals surface area contributed by atoms with E-state index in [1.54, 1.807) is 0 Å². The zero-order valence-corrected chi connectivity index (χ0v) is 11.7. The van der Waals surface area contributed by atoms with Gasteiger partial charge in [-0.3, -0.25) is 4.79 Å². The van der Waals surface area contributed by atoms with Crippen molar-refractivity contribution in [1.29, 1.82) is 0 Å². The van der Waals surface area contributed by atoms with Gasteiger partial charge in [-0.15, -0.1) is 0 Å². The van der Waals surface area contributed by atoms with E-state index in [1.807, 2.05) is 4.90 Å². The van der Waals surface area contributed by atoms with Crippen molar-refractivity contribution in [3.8, 4) is 0 Å². The fourth-order valence-electron chi connectivity index (χ4n) is 2.39. The Morgan fingerprint density at radius 1 is 1.43 bits per heavy atom. The highest BCUT2D eigenvalue weighted by Crippen LogP contribution is 2.36. The van der Waals surface area contributed by atoms with E-state index in [-0.39, 0.29) is 11.8 Å². The van der Waals surface area contributed by atoms with E-state index < -0.39 is 11.7 Å². The average molecular weight is 315 g/mol. The molecule has 0 saturated carbocycles. The van der Waals surface area contributed by atoms with Crippen molar-refractivity contribution in [3.63, 3.8) is 0 Å². The second-order valence-electron chi connectivity index (χ2n) is 5.01. The predicted octanol–water partition coefficient (Wildman–Crippen LogP) is 2.63. The van der Waals surface area contributed by atoms with E-state index in [1.165, 1.54) is 17.4 Å². The molecule has 1 aliphatic rings. The molecular weight excluding hydrogens is 303 g/mol. The SMILES string of the molecule is NC(=O)[C@@H]1CCN(c2nc3cc(C(F)(F)F)ccc3s2)C1. The number of aromatic nitrogens is 1. The summed E-state index contributed by atoms with van der Waals surface area (Å²) < 4.78 is 38.7. The highest BCUT2D eigenvalue weighted by molar-refractivity contribution is 7.22. The fourth-order valence-corrected chi connectivity index (χ4v) is 3.37. The number of thiazole rings is 1. The van der Waals surface area contributed by atoms with Gasteiger partial charge in [-0.2, -0.15) is 13.2 Å². The summed E-state index contributed by atoms with van der Waals surface area (Å²) in [5.41, 5.74) is 4.89.